The number of carbonyl (C=O) groups excluding carboxylic acids is 1. The summed E-state index contributed by atoms with van der Waals surface area (Å²) >= 11 is 0. The van der Waals surface area contributed by atoms with Crippen molar-refractivity contribution in [2.45, 2.75) is 25.1 Å². The maximum atomic E-state index is 12.3. The van der Waals surface area contributed by atoms with Crippen molar-refractivity contribution in [3.63, 3.8) is 0 Å². The fourth-order valence-corrected chi connectivity index (χ4v) is 3.64. The van der Waals surface area contributed by atoms with Crippen LogP contribution in [-0.2, 0) is 0 Å². The van der Waals surface area contributed by atoms with Gasteiger partial charge in [-0.05, 0) is 37.0 Å². The molecule has 1 atom stereocenters. The first kappa shape index (κ1) is 24.2. The number of imidazole rings is 1. The summed E-state index contributed by atoms with van der Waals surface area (Å²) < 4.78 is 38.5. The van der Waals surface area contributed by atoms with Crippen molar-refractivity contribution < 1.29 is 18.0 Å². The highest BCUT2D eigenvalue weighted by Gasteiger charge is 2.29. The number of anilines is 1. The minimum Gasteiger partial charge on any atom is -0.386 e. The highest BCUT2D eigenvalue weighted by molar-refractivity contribution is 6.08. The van der Waals surface area contributed by atoms with Gasteiger partial charge in [0.25, 0.3) is 0 Å². The van der Waals surface area contributed by atoms with E-state index in [1.807, 2.05) is 0 Å². The molecule has 1 aromatic carbocycles. The van der Waals surface area contributed by atoms with Crippen LogP contribution in [0.25, 0.3) is 22.5 Å². The largest absolute Gasteiger partial charge is 0.405 e. The number of alkyl halides is 3. The van der Waals surface area contributed by atoms with E-state index in [-0.39, 0.29) is 6.04 Å². The average Bonchev–Trinajstić information content (AvgIpc) is 3.58. The number of nitrogens with zero attached hydrogens (tertiary/aromatic N) is 3. The molecule has 2 heterocycles. The zero-order chi connectivity index (χ0) is 25.0. The zero-order valence-corrected chi connectivity index (χ0v) is 18.6. The van der Waals surface area contributed by atoms with Gasteiger partial charge in [-0.3, -0.25) is 0 Å². The Balaban J connectivity index is 1.51. The molecule has 0 aliphatic heterocycles. The Hall–Kier alpha value is -3.93. The van der Waals surface area contributed by atoms with E-state index < -0.39 is 18.8 Å². The van der Waals surface area contributed by atoms with Crippen molar-refractivity contribution in [2.75, 3.05) is 18.4 Å². The second-order valence-corrected chi connectivity index (χ2v) is 8.25. The molecule has 0 bridgehead atoms. The van der Waals surface area contributed by atoms with Gasteiger partial charge < -0.3 is 27.1 Å². The number of rotatable bonds is 9. The monoisotopic (exact) mass is 486 g/mol. The van der Waals surface area contributed by atoms with Crippen LogP contribution in [-0.4, -0.2) is 52.2 Å². The number of aromatic nitrogens is 3. The van der Waals surface area contributed by atoms with Crippen LogP contribution in [0.5, 0.6) is 0 Å². The summed E-state index contributed by atoms with van der Waals surface area (Å²) in [5.74, 6) is 0.569. The molecular weight excluding hydrogens is 461 g/mol. The molecule has 1 unspecified atom stereocenters. The molecule has 35 heavy (non-hydrogen) atoms. The molecule has 6 N–H and O–H groups in total. The van der Waals surface area contributed by atoms with Gasteiger partial charge in [0.1, 0.15) is 6.54 Å². The van der Waals surface area contributed by atoms with Gasteiger partial charge in [-0.25, -0.2) is 14.3 Å². The standard InChI is InChI=1S/C23H25F3N8O/c24-23(25,26)13-31-22(35)33-18-3-1-2-15(6-18)20-12-30-21-7-16(11-32-34(20)21)17(8-27)10-29-19(9-28)14-4-5-14/h1-3,6-8,10-12,14,19,27,29H,4-5,9,13,28H2,(H2,31,33,35)/b17-10+,27-8?. The Morgan fingerprint density at radius 1 is 1.29 bits per heavy atom. The van der Waals surface area contributed by atoms with Gasteiger partial charge in [-0.2, -0.15) is 18.3 Å². The summed E-state index contributed by atoms with van der Waals surface area (Å²) in [6.07, 6.45) is 4.07. The lowest BCUT2D eigenvalue weighted by atomic mass is 10.1. The Bertz CT molecular complexity index is 1250. The lowest BCUT2D eigenvalue weighted by Gasteiger charge is -2.15. The summed E-state index contributed by atoms with van der Waals surface area (Å²) in [4.78, 5) is 16.2. The zero-order valence-electron chi connectivity index (χ0n) is 18.6. The number of carbonyl (C=O) groups is 1. The van der Waals surface area contributed by atoms with E-state index in [2.05, 4.69) is 20.7 Å². The summed E-state index contributed by atoms with van der Waals surface area (Å²) in [6.45, 7) is -0.904. The fraction of sp³-hybridized carbons (Fsp3) is 0.304. The van der Waals surface area contributed by atoms with Crippen LogP contribution in [0.15, 0.2) is 48.9 Å². The molecule has 2 amide bonds. The molecule has 0 spiro atoms. The molecule has 2 aromatic heterocycles. The summed E-state index contributed by atoms with van der Waals surface area (Å²) in [7, 11) is 0. The number of nitrogens with one attached hydrogen (secondary N) is 4. The third-order valence-electron chi connectivity index (χ3n) is 5.61. The number of hydrogen-bond donors (Lipinski definition) is 5. The number of fused-ring (bicyclic) bond motifs is 1. The van der Waals surface area contributed by atoms with Crippen LogP contribution < -0.4 is 21.7 Å². The van der Waals surface area contributed by atoms with Gasteiger partial charge in [0.2, 0.25) is 0 Å². The van der Waals surface area contributed by atoms with Gasteiger partial charge in [-0.15, -0.1) is 0 Å². The molecular formula is C23H25F3N8O. The maximum absolute atomic E-state index is 12.3. The Labute approximate surface area is 199 Å². The second kappa shape index (κ2) is 10.1. The molecule has 4 rings (SSSR count). The van der Waals surface area contributed by atoms with Crippen molar-refractivity contribution in [1.29, 1.82) is 5.41 Å². The highest BCUT2D eigenvalue weighted by atomic mass is 19.4. The van der Waals surface area contributed by atoms with Crippen LogP contribution >= 0.6 is 0 Å². The van der Waals surface area contributed by atoms with E-state index in [9.17, 15) is 18.0 Å². The predicted octanol–water partition coefficient (Wildman–Crippen LogP) is 3.40. The number of nitrogens with two attached hydrogens (primary N) is 1. The van der Waals surface area contributed by atoms with Gasteiger partial charge in [0, 0.05) is 47.4 Å². The van der Waals surface area contributed by atoms with Crippen LogP contribution in [0.4, 0.5) is 23.7 Å². The first-order valence-corrected chi connectivity index (χ1v) is 11.0. The van der Waals surface area contributed by atoms with Gasteiger partial charge >= 0.3 is 12.2 Å². The third-order valence-corrected chi connectivity index (χ3v) is 5.61. The SMILES string of the molecule is N=C/C(=C\NC(CN)C1CC1)c1cnn2c(-c3cccc(NC(=O)NCC(F)(F)F)c3)cnc2c1. The highest BCUT2D eigenvalue weighted by Crippen LogP contribution is 2.32. The predicted molar refractivity (Wildman–Crippen MR) is 127 cm³/mol. The molecule has 0 radical (unpaired) electrons. The van der Waals surface area contributed by atoms with Crippen LogP contribution in [0.1, 0.15) is 18.4 Å². The smallest absolute Gasteiger partial charge is 0.386 e. The lowest BCUT2D eigenvalue weighted by molar-refractivity contribution is -0.122. The lowest BCUT2D eigenvalue weighted by Crippen LogP contribution is -2.36. The number of benzene rings is 1. The maximum Gasteiger partial charge on any atom is 0.405 e. The molecule has 1 aliphatic carbocycles. The molecule has 184 valence electrons. The minimum absolute atomic E-state index is 0.177. The summed E-state index contributed by atoms with van der Waals surface area (Å²) in [5.41, 5.74) is 9.33. The van der Waals surface area contributed by atoms with Crippen molar-refractivity contribution >= 4 is 29.2 Å². The van der Waals surface area contributed by atoms with E-state index in [0.717, 1.165) is 12.8 Å². The van der Waals surface area contributed by atoms with Crippen LogP contribution in [0.3, 0.4) is 0 Å². The quantitative estimate of drug-likeness (QED) is 0.296. The third kappa shape index (κ3) is 6.15. The van der Waals surface area contributed by atoms with E-state index in [1.54, 1.807) is 58.8 Å². The molecule has 1 saturated carbocycles. The molecule has 0 saturated heterocycles. The molecule has 3 aromatic rings. The molecule has 9 nitrogen and oxygen atoms in total. The van der Waals surface area contributed by atoms with Crippen LogP contribution in [0.2, 0.25) is 0 Å². The van der Waals surface area contributed by atoms with Crippen molar-refractivity contribution in [1.82, 2.24) is 25.2 Å². The normalized spacial score (nSPS) is 15.0. The van der Waals surface area contributed by atoms with E-state index in [4.69, 9.17) is 11.1 Å². The van der Waals surface area contributed by atoms with E-state index in [1.165, 1.54) is 6.21 Å². The first-order valence-electron chi connectivity index (χ1n) is 11.0. The van der Waals surface area contributed by atoms with Crippen LogP contribution in [0, 0.1) is 11.3 Å². The molecule has 1 fully saturated rings. The molecule has 1 aliphatic rings. The van der Waals surface area contributed by atoms with E-state index in [0.29, 0.717) is 46.2 Å². The number of halogens is 3. The van der Waals surface area contributed by atoms with Crippen molar-refractivity contribution in [3.8, 4) is 11.3 Å². The summed E-state index contributed by atoms with van der Waals surface area (Å²) in [6, 6.07) is 7.64. The Morgan fingerprint density at radius 2 is 2.09 bits per heavy atom. The number of allylic oxidation sites excluding steroid dienone is 1. The number of amides is 2. The first-order chi connectivity index (χ1) is 16.8. The minimum atomic E-state index is -4.49. The number of hydrogen-bond acceptors (Lipinski definition) is 6. The van der Waals surface area contributed by atoms with Gasteiger partial charge in [0.05, 0.1) is 18.1 Å². The van der Waals surface area contributed by atoms with Gasteiger partial charge in [0.15, 0.2) is 5.65 Å². The number of urea groups is 1. The van der Waals surface area contributed by atoms with Crippen molar-refractivity contribution in [3.05, 3.63) is 54.5 Å². The Morgan fingerprint density at radius 3 is 2.77 bits per heavy atom. The van der Waals surface area contributed by atoms with Gasteiger partial charge in [-0.1, -0.05) is 12.1 Å². The average molecular weight is 487 g/mol. The van der Waals surface area contributed by atoms with E-state index >= 15 is 0 Å². The Kier molecular flexibility index (Phi) is 7.01. The fourth-order valence-electron chi connectivity index (χ4n) is 3.64. The summed E-state index contributed by atoms with van der Waals surface area (Å²) in [5, 5.41) is 19.7. The molecule has 12 heteroatoms. The van der Waals surface area contributed by atoms with Crippen molar-refractivity contribution in [2.24, 2.45) is 11.7 Å². The topological polar surface area (TPSA) is 133 Å². The second-order valence-electron chi connectivity index (χ2n) is 8.25.